The number of pyridine rings is 2. The summed E-state index contributed by atoms with van der Waals surface area (Å²) in [5.41, 5.74) is 7.44. The maximum Gasteiger partial charge on any atom is 0.433 e. The highest BCUT2D eigenvalue weighted by Gasteiger charge is 2.32. The Bertz CT molecular complexity index is 1320. The minimum atomic E-state index is -4.47. The van der Waals surface area contributed by atoms with Crippen LogP contribution in [0.5, 0.6) is 5.75 Å². The van der Waals surface area contributed by atoms with E-state index in [1.54, 1.807) is 0 Å². The number of hydrogen-bond donors (Lipinski definition) is 2. The number of alkyl halides is 3. The molecule has 0 fully saturated rings. The third kappa shape index (κ3) is 4.33. The zero-order valence-electron chi connectivity index (χ0n) is 17.0. The van der Waals surface area contributed by atoms with Crippen LogP contribution in [0.15, 0.2) is 42.7 Å². The topological polar surface area (TPSA) is 86.0 Å². The number of thiazole rings is 1. The molecular formula is C22H17F4N5OS. The van der Waals surface area contributed by atoms with E-state index in [4.69, 9.17) is 10.5 Å². The number of nitrogens with one attached hydrogen (secondary N) is 1. The lowest BCUT2D eigenvalue weighted by molar-refractivity contribution is -0.141. The summed E-state index contributed by atoms with van der Waals surface area (Å²) in [7, 11) is 0. The van der Waals surface area contributed by atoms with E-state index in [0.717, 1.165) is 27.6 Å². The Balaban J connectivity index is 1.28. The highest BCUT2D eigenvalue weighted by atomic mass is 32.1. The van der Waals surface area contributed by atoms with Crippen LogP contribution < -0.4 is 15.8 Å². The minimum Gasteiger partial charge on any atom is -0.486 e. The summed E-state index contributed by atoms with van der Waals surface area (Å²) in [5, 5.41) is 5.28. The van der Waals surface area contributed by atoms with Gasteiger partial charge in [0.15, 0.2) is 5.13 Å². The normalized spacial score (nSPS) is 13.8. The van der Waals surface area contributed by atoms with Gasteiger partial charge in [0.25, 0.3) is 0 Å². The van der Waals surface area contributed by atoms with E-state index in [1.807, 2.05) is 12.1 Å². The fourth-order valence-corrected chi connectivity index (χ4v) is 4.68. The van der Waals surface area contributed by atoms with Crippen molar-refractivity contribution in [1.29, 1.82) is 0 Å². The molecule has 0 aliphatic carbocycles. The van der Waals surface area contributed by atoms with E-state index >= 15 is 0 Å². The smallest absolute Gasteiger partial charge is 0.433 e. The molecule has 170 valence electrons. The van der Waals surface area contributed by atoms with Crippen molar-refractivity contribution >= 4 is 27.2 Å². The first-order valence-electron chi connectivity index (χ1n) is 10.0. The average molecular weight is 475 g/mol. The number of nitrogens with zero attached hydrogens (tertiary/aromatic N) is 3. The number of hydrogen-bond acceptors (Lipinski definition) is 7. The molecule has 0 unspecified atom stereocenters. The largest absolute Gasteiger partial charge is 0.486 e. The molecule has 3 aromatic heterocycles. The lowest BCUT2D eigenvalue weighted by atomic mass is 10.0. The fourth-order valence-electron chi connectivity index (χ4n) is 3.68. The Morgan fingerprint density at radius 1 is 1.15 bits per heavy atom. The van der Waals surface area contributed by atoms with Crippen molar-refractivity contribution < 1.29 is 22.3 Å². The molecular weight excluding hydrogens is 458 g/mol. The molecule has 0 bridgehead atoms. The van der Waals surface area contributed by atoms with Crippen molar-refractivity contribution in [3.63, 3.8) is 0 Å². The number of nitrogens with two attached hydrogens (primary N) is 1. The number of benzene rings is 1. The third-order valence-electron chi connectivity index (χ3n) is 5.24. The third-order valence-corrected chi connectivity index (χ3v) is 6.33. The summed E-state index contributed by atoms with van der Waals surface area (Å²) in [6, 6.07) is 7.10. The lowest BCUT2D eigenvalue weighted by Crippen LogP contribution is -2.31. The summed E-state index contributed by atoms with van der Waals surface area (Å²) in [6.45, 7) is 0.628. The first kappa shape index (κ1) is 21.5. The van der Waals surface area contributed by atoms with Crippen LogP contribution in [0.2, 0.25) is 0 Å². The predicted octanol–water partition coefficient (Wildman–Crippen LogP) is 4.79. The fraction of sp³-hybridized carbons (Fsp3) is 0.227. The zero-order valence-corrected chi connectivity index (χ0v) is 17.8. The van der Waals surface area contributed by atoms with E-state index < -0.39 is 17.8 Å². The van der Waals surface area contributed by atoms with Crippen LogP contribution >= 0.6 is 11.3 Å². The van der Waals surface area contributed by atoms with Gasteiger partial charge in [-0.25, -0.2) is 9.97 Å². The number of fused-ring (bicyclic) bond motifs is 5. The van der Waals surface area contributed by atoms with Crippen LogP contribution in [0, 0.1) is 5.95 Å². The van der Waals surface area contributed by atoms with Gasteiger partial charge in [0.2, 0.25) is 5.95 Å². The van der Waals surface area contributed by atoms with Crippen LogP contribution in [0.3, 0.4) is 0 Å². The number of rotatable bonds is 5. The molecule has 0 spiro atoms. The van der Waals surface area contributed by atoms with Crippen molar-refractivity contribution in [1.82, 2.24) is 15.0 Å². The minimum absolute atomic E-state index is 0.257. The molecule has 1 aromatic carbocycles. The highest BCUT2D eigenvalue weighted by Crippen LogP contribution is 2.45. The van der Waals surface area contributed by atoms with Crippen LogP contribution in [0.25, 0.3) is 21.2 Å². The molecule has 0 amide bonds. The number of halogens is 4. The zero-order chi connectivity index (χ0) is 23.2. The molecule has 0 saturated heterocycles. The van der Waals surface area contributed by atoms with Gasteiger partial charge < -0.3 is 15.8 Å². The van der Waals surface area contributed by atoms with E-state index in [-0.39, 0.29) is 12.6 Å². The van der Waals surface area contributed by atoms with Crippen LogP contribution in [0.4, 0.5) is 22.7 Å². The molecule has 4 aromatic rings. The van der Waals surface area contributed by atoms with Crippen molar-refractivity contribution in [2.75, 3.05) is 11.9 Å². The lowest BCUT2D eigenvalue weighted by Gasteiger charge is -2.18. The molecule has 0 saturated carbocycles. The SMILES string of the molecule is N[C@@H](CNc1nc2c(s1)-c1ccc3cnc(F)cc3c1OC2)Cc1ccc(C(F)(F)F)nc1. The molecule has 0 radical (unpaired) electrons. The molecule has 5 rings (SSSR count). The second-order valence-electron chi connectivity index (χ2n) is 7.65. The summed E-state index contributed by atoms with van der Waals surface area (Å²) in [6.07, 6.45) is -1.44. The molecule has 1 aliphatic rings. The Morgan fingerprint density at radius 3 is 2.76 bits per heavy atom. The highest BCUT2D eigenvalue weighted by molar-refractivity contribution is 7.19. The van der Waals surface area contributed by atoms with Crippen molar-refractivity contribution in [3.05, 3.63) is 65.6 Å². The van der Waals surface area contributed by atoms with Gasteiger partial charge in [0.1, 0.15) is 18.1 Å². The predicted molar refractivity (Wildman–Crippen MR) is 117 cm³/mol. The average Bonchev–Trinajstić information content (AvgIpc) is 3.21. The summed E-state index contributed by atoms with van der Waals surface area (Å²) in [4.78, 5) is 12.6. The Morgan fingerprint density at radius 2 is 2.00 bits per heavy atom. The quantitative estimate of drug-likeness (QED) is 0.319. The number of aromatic nitrogens is 3. The van der Waals surface area contributed by atoms with E-state index in [0.29, 0.717) is 34.8 Å². The first-order valence-corrected chi connectivity index (χ1v) is 10.8. The van der Waals surface area contributed by atoms with Gasteiger partial charge in [-0.1, -0.05) is 23.5 Å². The second-order valence-corrected chi connectivity index (χ2v) is 8.65. The van der Waals surface area contributed by atoms with Crippen LogP contribution in [0.1, 0.15) is 17.0 Å². The standard InChI is InChI=1S/C22H17F4N5OS/c23-18-6-15-12(8-29-18)2-3-14-19(15)32-10-16-20(14)33-21(31-16)30-9-13(27)5-11-1-4-17(28-7-11)22(24,25)26/h1-4,6-8,13H,5,9-10,27H2,(H,30,31)/t13-/m1/s1. The monoisotopic (exact) mass is 475 g/mol. The molecule has 3 N–H and O–H groups in total. The van der Waals surface area contributed by atoms with Gasteiger partial charge in [0.05, 0.1) is 10.6 Å². The maximum atomic E-state index is 13.7. The van der Waals surface area contributed by atoms with Crippen molar-refractivity contribution in [3.8, 4) is 16.2 Å². The molecule has 1 atom stereocenters. The Hall–Kier alpha value is -3.31. The van der Waals surface area contributed by atoms with Crippen LogP contribution in [-0.2, 0) is 19.2 Å². The molecule has 6 nitrogen and oxygen atoms in total. The van der Waals surface area contributed by atoms with Gasteiger partial charge in [-0.05, 0) is 24.1 Å². The van der Waals surface area contributed by atoms with Crippen molar-refractivity contribution in [2.24, 2.45) is 5.73 Å². The molecule has 4 heterocycles. The Labute approximate surface area is 189 Å². The number of ether oxygens (including phenoxy) is 1. The van der Waals surface area contributed by atoms with Gasteiger partial charge >= 0.3 is 6.18 Å². The Kier molecular flexibility index (Phi) is 5.37. The van der Waals surface area contributed by atoms with E-state index in [2.05, 4.69) is 20.3 Å². The van der Waals surface area contributed by atoms with Gasteiger partial charge in [-0.3, -0.25) is 4.98 Å². The van der Waals surface area contributed by atoms with Crippen molar-refractivity contribution in [2.45, 2.75) is 25.2 Å². The molecule has 11 heteroatoms. The summed E-state index contributed by atoms with van der Waals surface area (Å²) >= 11 is 1.44. The second kappa shape index (κ2) is 8.23. The summed E-state index contributed by atoms with van der Waals surface area (Å²) < 4.78 is 57.5. The number of anilines is 1. The van der Waals surface area contributed by atoms with Gasteiger partial charge in [0, 0.05) is 47.4 Å². The van der Waals surface area contributed by atoms with Gasteiger partial charge in [-0.15, -0.1) is 0 Å². The molecule has 33 heavy (non-hydrogen) atoms. The first-order chi connectivity index (χ1) is 15.8. The van der Waals surface area contributed by atoms with Gasteiger partial charge in [-0.2, -0.15) is 17.6 Å². The van der Waals surface area contributed by atoms with E-state index in [1.165, 1.54) is 35.9 Å². The maximum absolute atomic E-state index is 13.7. The molecule has 1 aliphatic heterocycles. The van der Waals surface area contributed by atoms with E-state index in [9.17, 15) is 17.6 Å². The summed E-state index contributed by atoms with van der Waals surface area (Å²) in [5.74, 6) is 0.0252. The van der Waals surface area contributed by atoms with Crippen LogP contribution in [-0.4, -0.2) is 27.5 Å².